The van der Waals surface area contributed by atoms with Crippen LogP contribution in [0, 0.1) is 10.1 Å². The Morgan fingerprint density at radius 3 is 2.76 bits per heavy atom. The zero-order valence-electron chi connectivity index (χ0n) is 18.0. The average molecular weight is 452 g/mol. The molecular formula is C22H24N6O5. The smallest absolute Gasteiger partial charge is 0.293 e. The minimum absolute atomic E-state index is 0.0864. The molecule has 0 aliphatic rings. The molecule has 0 spiro atoms. The summed E-state index contributed by atoms with van der Waals surface area (Å²) in [7, 11) is 1.54. The molecule has 3 N–H and O–H groups in total. The van der Waals surface area contributed by atoms with Gasteiger partial charge in [-0.15, -0.1) is 0 Å². The van der Waals surface area contributed by atoms with Crippen molar-refractivity contribution in [2.45, 2.75) is 13.1 Å². The summed E-state index contributed by atoms with van der Waals surface area (Å²) in [6, 6.07) is 13.0. The monoisotopic (exact) mass is 452 g/mol. The molecule has 2 aromatic carbocycles. The molecule has 3 aromatic rings. The van der Waals surface area contributed by atoms with Gasteiger partial charge < -0.3 is 20.7 Å². The van der Waals surface area contributed by atoms with E-state index < -0.39 is 10.8 Å². The molecule has 0 fully saturated rings. The fourth-order valence-electron chi connectivity index (χ4n) is 3.05. The molecule has 0 atom stereocenters. The van der Waals surface area contributed by atoms with Gasteiger partial charge in [0.2, 0.25) is 5.91 Å². The number of nitrogens with zero attached hydrogens (tertiary/aromatic N) is 3. The van der Waals surface area contributed by atoms with Crippen LogP contribution in [0.3, 0.4) is 0 Å². The first-order chi connectivity index (χ1) is 16.0. The molecule has 0 aliphatic heterocycles. The maximum absolute atomic E-state index is 12.6. The first-order valence-electron chi connectivity index (χ1n) is 10.1. The predicted octanol–water partition coefficient (Wildman–Crippen LogP) is 2.42. The maximum atomic E-state index is 12.6. The van der Waals surface area contributed by atoms with Gasteiger partial charge in [-0.05, 0) is 35.9 Å². The molecular weight excluding hydrogens is 428 g/mol. The van der Waals surface area contributed by atoms with Crippen LogP contribution in [0.15, 0.2) is 60.9 Å². The standard InChI is InChI=1S/C22H24N6O5/c1-33-11-9-23-19-7-6-17(13-20(19)28(31)32)22(30)24-14-16-4-2-5-18(12-16)26-21(29)15-27-10-3-8-25-27/h2-8,10,12-13,23H,9,11,14-15H2,1H3,(H,24,30)(H,26,29). The Hall–Kier alpha value is -4.25. The van der Waals surface area contributed by atoms with E-state index in [0.29, 0.717) is 24.5 Å². The summed E-state index contributed by atoms with van der Waals surface area (Å²) in [5.74, 6) is -0.680. The minimum Gasteiger partial charge on any atom is -0.383 e. The number of hydrogen-bond acceptors (Lipinski definition) is 7. The van der Waals surface area contributed by atoms with Crippen molar-refractivity contribution in [1.82, 2.24) is 15.1 Å². The van der Waals surface area contributed by atoms with Crippen LogP contribution < -0.4 is 16.0 Å². The van der Waals surface area contributed by atoms with Crippen molar-refractivity contribution in [3.8, 4) is 0 Å². The van der Waals surface area contributed by atoms with Gasteiger partial charge in [0, 0.05) is 49.9 Å². The third kappa shape index (κ3) is 6.87. The summed E-state index contributed by atoms with van der Waals surface area (Å²) in [6.07, 6.45) is 3.29. The van der Waals surface area contributed by atoms with E-state index >= 15 is 0 Å². The molecule has 172 valence electrons. The minimum atomic E-state index is -0.540. The van der Waals surface area contributed by atoms with Crippen molar-refractivity contribution >= 4 is 28.9 Å². The lowest BCUT2D eigenvalue weighted by atomic mass is 10.1. The number of rotatable bonds is 11. The largest absolute Gasteiger partial charge is 0.383 e. The van der Waals surface area contributed by atoms with Crippen LogP contribution in [0.4, 0.5) is 17.1 Å². The van der Waals surface area contributed by atoms with Crippen LogP contribution in [-0.4, -0.2) is 46.8 Å². The van der Waals surface area contributed by atoms with E-state index in [1.807, 2.05) is 0 Å². The number of nitro benzene ring substituents is 1. The Morgan fingerprint density at radius 2 is 2.03 bits per heavy atom. The second kappa shape index (κ2) is 11.4. The zero-order valence-corrected chi connectivity index (χ0v) is 18.0. The topological polar surface area (TPSA) is 140 Å². The molecule has 1 heterocycles. The van der Waals surface area contributed by atoms with E-state index in [-0.39, 0.29) is 30.2 Å². The summed E-state index contributed by atoms with van der Waals surface area (Å²) in [4.78, 5) is 35.5. The Labute approximate surface area is 189 Å². The number of ether oxygens (including phenoxy) is 1. The number of carbonyl (C=O) groups excluding carboxylic acids is 2. The van der Waals surface area contributed by atoms with E-state index in [4.69, 9.17) is 4.74 Å². The third-order valence-electron chi connectivity index (χ3n) is 4.61. The summed E-state index contributed by atoms with van der Waals surface area (Å²) in [5.41, 5.74) is 1.63. The molecule has 0 saturated carbocycles. The highest BCUT2D eigenvalue weighted by Gasteiger charge is 2.17. The summed E-state index contributed by atoms with van der Waals surface area (Å²) in [5, 5.41) is 23.8. The maximum Gasteiger partial charge on any atom is 0.293 e. The van der Waals surface area contributed by atoms with Gasteiger partial charge in [0.05, 0.1) is 11.5 Å². The quantitative estimate of drug-likeness (QED) is 0.230. The number of amides is 2. The fourth-order valence-corrected chi connectivity index (χ4v) is 3.05. The fraction of sp³-hybridized carbons (Fsp3) is 0.227. The molecule has 2 amide bonds. The summed E-state index contributed by atoms with van der Waals surface area (Å²) >= 11 is 0. The number of hydrogen-bond donors (Lipinski definition) is 3. The van der Waals surface area contributed by atoms with Gasteiger partial charge in [0.1, 0.15) is 12.2 Å². The lowest BCUT2D eigenvalue weighted by Gasteiger charge is -2.10. The summed E-state index contributed by atoms with van der Waals surface area (Å²) < 4.78 is 6.44. The third-order valence-corrected chi connectivity index (χ3v) is 4.61. The van der Waals surface area contributed by atoms with Gasteiger partial charge in [0.15, 0.2) is 0 Å². The van der Waals surface area contributed by atoms with E-state index in [9.17, 15) is 19.7 Å². The van der Waals surface area contributed by atoms with Gasteiger partial charge in [-0.2, -0.15) is 5.10 Å². The number of aromatic nitrogens is 2. The van der Waals surface area contributed by atoms with Crippen molar-refractivity contribution in [1.29, 1.82) is 0 Å². The molecule has 33 heavy (non-hydrogen) atoms. The molecule has 0 bridgehead atoms. The van der Waals surface area contributed by atoms with Gasteiger partial charge >= 0.3 is 0 Å². The van der Waals surface area contributed by atoms with Crippen molar-refractivity contribution in [3.63, 3.8) is 0 Å². The number of nitro groups is 1. The highest BCUT2D eigenvalue weighted by Crippen LogP contribution is 2.25. The Bertz CT molecular complexity index is 1120. The van der Waals surface area contributed by atoms with Crippen molar-refractivity contribution in [2.75, 3.05) is 30.9 Å². The zero-order chi connectivity index (χ0) is 23.6. The number of benzene rings is 2. The van der Waals surface area contributed by atoms with E-state index in [0.717, 1.165) is 5.56 Å². The van der Waals surface area contributed by atoms with Gasteiger partial charge in [0.25, 0.3) is 11.6 Å². The summed E-state index contributed by atoms with van der Waals surface area (Å²) in [6.45, 7) is 1.06. The normalized spacial score (nSPS) is 10.5. The highest BCUT2D eigenvalue weighted by molar-refractivity contribution is 5.95. The molecule has 0 aliphatic carbocycles. The molecule has 11 nitrogen and oxygen atoms in total. The molecule has 3 rings (SSSR count). The SMILES string of the molecule is COCCNc1ccc(C(=O)NCc2cccc(NC(=O)Cn3cccn3)c2)cc1[N+](=O)[O-]. The Kier molecular flexibility index (Phi) is 8.08. The number of carbonyl (C=O) groups is 2. The molecule has 0 radical (unpaired) electrons. The van der Waals surface area contributed by atoms with Crippen LogP contribution in [-0.2, 0) is 22.6 Å². The molecule has 1 aromatic heterocycles. The lowest BCUT2D eigenvalue weighted by molar-refractivity contribution is -0.384. The van der Waals surface area contributed by atoms with Crippen LogP contribution in [0.2, 0.25) is 0 Å². The molecule has 0 unspecified atom stereocenters. The van der Waals surface area contributed by atoms with Gasteiger partial charge in [-0.3, -0.25) is 24.4 Å². The first kappa shape index (κ1) is 23.4. The Morgan fingerprint density at radius 1 is 1.18 bits per heavy atom. The predicted molar refractivity (Wildman–Crippen MR) is 122 cm³/mol. The van der Waals surface area contributed by atoms with Crippen molar-refractivity contribution in [3.05, 3.63) is 82.2 Å². The second-order valence-corrected chi connectivity index (χ2v) is 7.04. The number of anilines is 2. The van der Waals surface area contributed by atoms with E-state index in [1.165, 1.54) is 30.0 Å². The van der Waals surface area contributed by atoms with Crippen molar-refractivity contribution in [2.24, 2.45) is 0 Å². The van der Waals surface area contributed by atoms with Crippen molar-refractivity contribution < 1.29 is 19.2 Å². The molecule has 11 heteroatoms. The lowest BCUT2D eigenvalue weighted by Crippen LogP contribution is -2.23. The van der Waals surface area contributed by atoms with E-state index in [2.05, 4.69) is 21.0 Å². The first-order valence-corrected chi connectivity index (χ1v) is 10.1. The number of methoxy groups -OCH3 is 1. The molecule has 0 saturated heterocycles. The van der Waals surface area contributed by atoms with E-state index in [1.54, 1.807) is 42.7 Å². The second-order valence-electron chi connectivity index (χ2n) is 7.04. The van der Waals surface area contributed by atoms with Crippen LogP contribution in [0.5, 0.6) is 0 Å². The highest BCUT2D eigenvalue weighted by atomic mass is 16.6. The van der Waals surface area contributed by atoms with Gasteiger partial charge in [-0.1, -0.05) is 12.1 Å². The Balaban J connectivity index is 1.60. The van der Waals surface area contributed by atoms with Crippen LogP contribution >= 0.6 is 0 Å². The van der Waals surface area contributed by atoms with Crippen LogP contribution in [0.1, 0.15) is 15.9 Å². The number of nitrogens with one attached hydrogen (secondary N) is 3. The van der Waals surface area contributed by atoms with Crippen LogP contribution in [0.25, 0.3) is 0 Å². The average Bonchev–Trinajstić information content (AvgIpc) is 3.30. The van der Waals surface area contributed by atoms with Gasteiger partial charge in [-0.25, -0.2) is 0 Å².